The number of rotatable bonds is 7. The Morgan fingerprint density at radius 3 is 2.50 bits per heavy atom. The molecule has 1 aliphatic heterocycles. The zero-order valence-corrected chi connectivity index (χ0v) is 18.0. The number of aromatic nitrogens is 1. The lowest BCUT2D eigenvalue weighted by Gasteiger charge is -2.36. The summed E-state index contributed by atoms with van der Waals surface area (Å²) in [6.07, 6.45) is 8.62. The number of benzene rings is 1. The van der Waals surface area contributed by atoms with Gasteiger partial charge in [-0.1, -0.05) is 47.6 Å². The Kier molecular flexibility index (Phi) is 6.57. The fourth-order valence-electron chi connectivity index (χ4n) is 3.60. The van der Waals surface area contributed by atoms with Crippen molar-refractivity contribution in [3.8, 4) is 11.8 Å². The molecule has 6 heteroatoms. The van der Waals surface area contributed by atoms with Crippen molar-refractivity contribution >= 4 is 17.5 Å². The van der Waals surface area contributed by atoms with Crippen LogP contribution in [-0.4, -0.2) is 32.0 Å². The van der Waals surface area contributed by atoms with Gasteiger partial charge in [0.25, 0.3) is 0 Å². The van der Waals surface area contributed by atoms with E-state index in [0.29, 0.717) is 11.3 Å². The van der Waals surface area contributed by atoms with E-state index in [1.807, 2.05) is 49.4 Å². The summed E-state index contributed by atoms with van der Waals surface area (Å²) >= 11 is 0. The van der Waals surface area contributed by atoms with Crippen LogP contribution in [0.5, 0.6) is 11.8 Å². The van der Waals surface area contributed by atoms with E-state index >= 15 is 0 Å². The average molecular weight is 410 g/mol. The molecule has 30 heavy (non-hydrogen) atoms. The Morgan fingerprint density at radius 2 is 1.83 bits per heavy atom. The van der Waals surface area contributed by atoms with Gasteiger partial charge in [-0.05, 0) is 51.8 Å². The average Bonchev–Trinajstić information content (AvgIpc) is 2.93. The van der Waals surface area contributed by atoms with E-state index in [9.17, 15) is 15.3 Å². The van der Waals surface area contributed by atoms with Gasteiger partial charge in [0, 0.05) is 7.05 Å². The number of fused-ring (bicyclic) bond motifs is 1. The molecule has 2 heterocycles. The Balaban J connectivity index is 1.92. The number of hydrazine groups is 1. The molecule has 2 aromatic rings. The van der Waals surface area contributed by atoms with Crippen LogP contribution < -0.4 is 10.4 Å². The molecule has 1 aliphatic rings. The van der Waals surface area contributed by atoms with Crippen LogP contribution in [0.2, 0.25) is 0 Å². The molecule has 160 valence electrons. The monoisotopic (exact) mass is 409 g/mol. The van der Waals surface area contributed by atoms with Gasteiger partial charge in [0.15, 0.2) is 0 Å². The Labute approximate surface area is 178 Å². The van der Waals surface area contributed by atoms with Gasteiger partial charge < -0.3 is 15.3 Å². The lowest BCUT2D eigenvalue weighted by molar-refractivity contribution is 0.204. The molecule has 0 saturated carbocycles. The van der Waals surface area contributed by atoms with Crippen LogP contribution >= 0.6 is 0 Å². The van der Waals surface area contributed by atoms with Gasteiger partial charge in [0.1, 0.15) is 5.69 Å². The second-order valence-corrected chi connectivity index (χ2v) is 7.99. The number of anilines is 2. The zero-order valence-electron chi connectivity index (χ0n) is 18.0. The smallest absolute Gasteiger partial charge is 0.220 e. The molecular weight excluding hydrogens is 378 g/mol. The van der Waals surface area contributed by atoms with Crippen molar-refractivity contribution < 1.29 is 15.3 Å². The van der Waals surface area contributed by atoms with Gasteiger partial charge in [-0.25, -0.2) is 0 Å². The molecule has 3 rings (SSSR count). The van der Waals surface area contributed by atoms with Crippen LogP contribution in [0.3, 0.4) is 0 Å². The summed E-state index contributed by atoms with van der Waals surface area (Å²) in [6.45, 7) is 6.17. The van der Waals surface area contributed by atoms with Gasteiger partial charge in [0.2, 0.25) is 11.8 Å². The summed E-state index contributed by atoms with van der Waals surface area (Å²) in [5, 5.41) is 33.8. The molecule has 0 bridgehead atoms. The van der Waals surface area contributed by atoms with Crippen molar-refractivity contribution in [2.24, 2.45) is 7.05 Å². The van der Waals surface area contributed by atoms with Crippen molar-refractivity contribution in [2.45, 2.75) is 45.8 Å². The molecule has 0 radical (unpaired) electrons. The predicted octanol–water partition coefficient (Wildman–Crippen LogP) is 4.72. The molecule has 0 amide bonds. The molecular formula is C24H31N3O3. The first kappa shape index (κ1) is 21.6. The maximum absolute atomic E-state index is 11.0. The van der Waals surface area contributed by atoms with Crippen molar-refractivity contribution in [3.63, 3.8) is 0 Å². The molecule has 0 spiro atoms. The number of aliphatic hydroxyl groups excluding tert-OH is 1. The molecule has 0 aliphatic carbocycles. The number of allylic oxidation sites excluding steroid dienone is 3. The lowest BCUT2D eigenvalue weighted by atomic mass is 10.00. The van der Waals surface area contributed by atoms with Gasteiger partial charge >= 0.3 is 0 Å². The third-order valence-corrected chi connectivity index (χ3v) is 5.26. The first-order chi connectivity index (χ1) is 14.3. The molecule has 1 aromatic heterocycles. The van der Waals surface area contributed by atoms with E-state index in [2.05, 4.69) is 25.3 Å². The summed E-state index contributed by atoms with van der Waals surface area (Å²) < 4.78 is 1.32. The van der Waals surface area contributed by atoms with E-state index in [1.54, 1.807) is 18.1 Å². The first-order valence-electron chi connectivity index (χ1n) is 10.2. The van der Waals surface area contributed by atoms with Crippen LogP contribution in [-0.2, 0) is 7.05 Å². The molecule has 0 saturated heterocycles. The van der Waals surface area contributed by atoms with Gasteiger partial charge in [-0.3, -0.25) is 15.0 Å². The number of nitrogens with zero attached hydrogens (tertiary/aromatic N) is 2. The quantitative estimate of drug-likeness (QED) is 0.498. The number of nitrogens with one attached hydrogen (secondary N) is 1. The highest BCUT2D eigenvalue weighted by Gasteiger charge is 2.34. The van der Waals surface area contributed by atoms with Crippen molar-refractivity contribution in [1.29, 1.82) is 0 Å². The number of aliphatic hydroxyl groups is 1. The highest BCUT2D eigenvalue weighted by atomic mass is 16.3. The Morgan fingerprint density at radius 1 is 1.13 bits per heavy atom. The Bertz CT molecular complexity index is 969. The first-order valence-corrected chi connectivity index (χ1v) is 10.2. The fraction of sp³-hybridized carbons (Fsp3) is 0.333. The predicted molar refractivity (Wildman–Crippen MR) is 123 cm³/mol. The van der Waals surface area contributed by atoms with E-state index in [4.69, 9.17) is 0 Å². The number of hydrogen-bond donors (Lipinski definition) is 4. The van der Waals surface area contributed by atoms with E-state index in [1.165, 1.54) is 10.1 Å². The van der Waals surface area contributed by atoms with Crippen LogP contribution in [0, 0.1) is 0 Å². The molecule has 0 fully saturated rings. The maximum Gasteiger partial charge on any atom is 0.220 e. The largest absolute Gasteiger partial charge is 0.494 e. The number of aromatic hydroxyl groups is 2. The molecule has 4 N–H and O–H groups in total. The molecule has 6 nitrogen and oxygen atoms in total. The lowest BCUT2D eigenvalue weighted by Crippen LogP contribution is -2.46. The highest BCUT2D eigenvalue weighted by molar-refractivity contribution is 5.82. The minimum atomic E-state index is -0.806. The van der Waals surface area contributed by atoms with Crippen molar-refractivity contribution in [3.05, 3.63) is 65.3 Å². The topological polar surface area (TPSA) is 80.9 Å². The fourth-order valence-corrected chi connectivity index (χ4v) is 3.60. The third kappa shape index (κ3) is 4.54. The zero-order chi connectivity index (χ0) is 21.8. The van der Waals surface area contributed by atoms with Gasteiger partial charge in [-0.15, -0.1) is 0 Å². The van der Waals surface area contributed by atoms with E-state index < -0.39 is 12.1 Å². The molecule has 2 unspecified atom stereocenters. The third-order valence-electron chi connectivity index (χ3n) is 5.26. The van der Waals surface area contributed by atoms with E-state index in [-0.39, 0.29) is 11.8 Å². The minimum absolute atomic E-state index is 0.0278. The van der Waals surface area contributed by atoms with Crippen LogP contribution in [0.15, 0.2) is 59.7 Å². The second kappa shape index (κ2) is 9.13. The number of hydrogen-bond acceptors (Lipinski definition) is 5. The van der Waals surface area contributed by atoms with Crippen LogP contribution in [0.25, 0.3) is 6.08 Å². The van der Waals surface area contributed by atoms with Crippen molar-refractivity contribution in [1.82, 2.24) is 4.57 Å². The summed E-state index contributed by atoms with van der Waals surface area (Å²) in [7, 11) is 1.59. The highest BCUT2D eigenvalue weighted by Crippen LogP contribution is 2.44. The summed E-state index contributed by atoms with van der Waals surface area (Å²) in [4.78, 5) is 0. The SMILES string of the molecule is CC(C)=CCCC(C)=CC(O)C1C=Cc2c(c(O)n(C)c2O)N1Nc1ccccc1. The van der Waals surface area contributed by atoms with Crippen LogP contribution in [0.4, 0.5) is 11.4 Å². The maximum atomic E-state index is 11.0. The van der Waals surface area contributed by atoms with Crippen LogP contribution in [0.1, 0.15) is 39.2 Å². The number of para-hydroxylation sites is 1. The van der Waals surface area contributed by atoms with Crippen molar-refractivity contribution in [2.75, 3.05) is 10.4 Å². The standard InChI is InChI=1S/C24H31N3O3/c1-16(2)9-8-10-17(3)15-21(28)20-14-13-19-22(24(30)26(4)23(19)29)27(20)25-18-11-6-5-7-12-18/h5-7,9,11-15,20-21,25,28-30H,8,10H2,1-4H3. The minimum Gasteiger partial charge on any atom is -0.494 e. The molecule has 2 atom stereocenters. The molecule has 1 aromatic carbocycles. The second-order valence-electron chi connectivity index (χ2n) is 7.99. The summed E-state index contributed by atoms with van der Waals surface area (Å²) in [5.41, 5.74) is 7.40. The Hall–Kier alpha value is -3.12. The van der Waals surface area contributed by atoms with E-state index in [0.717, 1.165) is 24.1 Å². The normalized spacial score (nSPS) is 16.9. The summed E-state index contributed by atoms with van der Waals surface area (Å²) in [6, 6.07) is 9.07. The van der Waals surface area contributed by atoms with Gasteiger partial charge in [0.05, 0.1) is 23.4 Å². The van der Waals surface area contributed by atoms with Gasteiger partial charge in [-0.2, -0.15) is 0 Å². The summed E-state index contributed by atoms with van der Waals surface area (Å²) in [5.74, 6) is -0.100.